The number of aryl methyl sites for hydroxylation is 1. The van der Waals surface area contributed by atoms with Crippen LogP contribution in [0.3, 0.4) is 0 Å². The van der Waals surface area contributed by atoms with E-state index in [0.29, 0.717) is 5.84 Å². The molecule has 4 rings (SSSR count). The van der Waals surface area contributed by atoms with Gasteiger partial charge in [0.05, 0.1) is 5.56 Å². The Morgan fingerprint density at radius 1 is 1.00 bits per heavy atom. The molecule has 1 aliphatic rings. The number of amidine groups is 1. The van der Waals surface area contributed by atoms with Crippen LogP contribution in [-0.2, 0) is 17.3 Å². The summed E-state index contributed by atoms with van der Waals surface area (Å²) in [5.41, 5.74) is 11.0. The van der Waals surface area contributed by atoms with Gasteiger partial charge in [-0.05, 0) is 78.1 Å². The van der Waals surface area contributed by atoms with Crippen molar-refractivity contribution in [2.45, 2.75) is 19.0 Å². The topological polar surface area (TPSA) is 71.1 Å². The standard InChI is InChI=1S/C25H24F3N3O2/c26-25(27,28)21-8-3-17(4-9-21)19-7-12-23-20(14-19)2-1-13-31(23)22-10-5-18(6-11-22)24(29)30-15-33-16-32/h3-12,14,32H,1-2,13,15-16H2,(H2,29,30). The molecule has 3 N–H and O–H groups in total. The highest BCUT2D eigenvalue weighted by atomic mass is 19.4. The maximum absolute atomic E-state index is 12.9. The highest BCUT2D eigenvalue weighted by molar-refractivity contribution is 5.97. The second-order valence-corrected chi connectivity index (χ2v) is 7.73. The monoisotopic (exact) mass is 455 g/mol. The van der Waals surface area contributed by atoms with Gasteiger partial charge in [0.15, 0.2) is 0 Å². The molecule has 0 amide bonds. The summed E-state index contributed by atoms with van der Waals surface area (Å²) in [6, 6.07) is 19.0. The van der Waals surface area contributed by atoms with Crippen molar-refractivity contribution < 1.29 is 23.0 Å². The van der Waals surface area contributed by atoms with Crippen LogP contribution < -0.4 is 10.6 Å². The van der Waals surface area contributed by atoms with Gasteiger partial charge >= 0.3 is 6.18 Å². The maximum Gasteiger partial charge on any atom is 0.416 e. The first-order valence-electron chi connectivity index (χ1n) is 10.5. The molecule has 0 fully saturated rings. The number of nitrogens with zero attached hydrogens (tertiary/aromatic N) is 2. The molecular formula is C25H24F3N3O2. The van der Waals surface area contributed by atoms with Gasteiger partial charge < -0.3 is 20.5 Å². The van der Waals surface area contributed by atoms with Crippen molar-refractivity contribution >= 4 is 17.2 Å². The largest absolute Gasteiger partial charge is 0.416 e. The molecule has 8 heteroatoms. The summed E-state index contributed by atoms with van der Waals surface area (Å²) in [4.78, 5) is 6.28. The number of aliphatic hydroxyl groups excluding tert-OH is 1. The normalized spacial score (nSPS) is 14.3. The number of hydrogen-bond donors (Lipinski definition) is 2. The summed E-state index contributed by atoms with van der Waals surface area (Å²) in [7, 11) is 0. The van der Waals surface area contributed by atoms with Crippen molar-refractivity contribution in [1.29, 1.82) is 0 Å². The molecule has 0 unspecified atom stereocenters. The van der Waals surface area contributed by atoms with Gasteiger partial charge in [-0.15, -0.1) is 0 Å². The molecule has 1 heterocycles. The number of nitrogens with two attached hydrogens (primary N) is 1. The smallest absolute Gasteiger partial charge is 0.383 e. The number of benzene rings is 3. The molecule has 0 spiro atoms. The predicted molar refractivity (Wildman–Crippen MR) is 122 cm³/mol. The van der Waals surface area contributed by atoms with Gasteiger partial charge in [0.1, 0.15) is 19.4 Å². The molecule has 3 aromatic rings. The third kappa shape index (κ3) is 5.18. The number of ether oxygens (including phenoxy) is 1. The molecule has 0 radical (unpaired) electrons. The van der Waals surface area contributed by atoms with Gasteiger partial charge in [0.2, 0.25) is 0 Å². The Morgan fingerprint density at radius 3 is 2.36 bits per heavy atom. The lowest BCUT2D eigenvalue weighted by Gasteiger charge is -2.32. The van der Waals surface area contributed by atoms with E-state index in [1.54, 1.807) is 0 Å². The van der Waals surface area contributed by atoms with Crippen molar-refractivity contribution in [3.63, 3.8) is 0 Å². The summed E-state index contributed by atoms with van der Waals surface area (Å²) in [6.45, 7) is 0.440. The lowest BCUT2D eigenvalue weighted by atomic mass is 9.95. The molecule has 0 bridgehead atoms. The molecule has 0 atom stereocenters. The van der Waals surface area contributed by atoms with Gasteiger partial charge in [-0.1, -0.05) is 18.2 Å². The molecule has 5 nitrogen and oxygen atoms in total. The zero-order valence-corrected chi connectivity index (χ0v) is 17.8. The molecular weight excluding hydrogens is 431 g/mol. The van der Waals surface area contributed by atoms with Gasteiger partial charge in [-0.25, -0.2) is 4.99 Å². The Labute approximate surface area is 189 Å². The fourth-order valence-corrected chi connectivity index (χ4v) is 3.96. The van der Waals surface area contributed by atoms with Crippen LogP contribution in [0.5, 0.6) is 0 Å². The van der Waals surface area contributed by atoms with Crippen molar-refractivity contribution in [3.8, 4) is 11.1 Å². The third-order valence-electron chi connectivity index (χ3n) is 5.64. The Kier molecular flexibility index (Phi) is 6.67. The first-order valence-corrected chi connectivity index (χ1v) is 10.5. The molecule has 0 saturated carbocycles. The average molecular weight is 455 g/mol. The van der Waals surface area contributed by atoms with Crippen LogP contribution in [0.25, 0.3) is 11.1 Å². The van der Waals surface area contributed by atoms with E-state index in [2.05, 4.69) is 16.0 Å². The summed E-state index contributed by atoms with van der Waals surface area (Å²) in [6.07, 6.45) is -2.47. The number of aliphatic hydroxyl groups is 1. The number of rotatable bonds is 6. The average Bonchev–Trinajstić information content (AvgIpc) is 2.83. The lowest BCUT2D eigenvalue weighted by Crippen LogP contribution is -2.24. The fourth-order valence-electron chi connectivity index (χ4n) is 3.96. The fraction of sp³-hybridized carbons (Fsp3) is 0.240. The van der Waals surface area contributed by atoms with E-state index in [9.17, 15) is 13.2 Å². The Balaban J connectivity index is 1.55. The van der Waals surface area contributed by atoms with E-state index in [1.807, 2.05) is 36.4 Å². The predicted octanol–water partition coefficient (Wildman–Crippen LogP) is 5.09. The van der Waals surface area contributed by atoms with E-state index < -0.39 is 18.5 Å². The van der Waals surface area contributed by atoms with E-state index in [4.69, 9.17) is 15.6 Å². The van der Waals surface area contributed by atoms with Crippen LogP contribution in [-0.4, -0.2) is 31.0 Å². The van der Waals surface area contributed by atoms with Crippen LogP contribution in [0.2, 0.25) is 0 Å². The highest BCUT2D eigenvalue weighted by Gasteiger charge is 2.30. The van der Waals surface area contributed by atoms with Gasteiger partial charge in [-0.2, -0.15) is 13.2 Å². The summed E-state index contributed by atoms with van der Waals surface area (Å²) in [5.74, 6) is 0.329. The molecule has 33 heavy (non-hydrogen) atoms. The molecule has 3 aromatic carbocycles. The molecule has 1 aliphatic heterocycles. The molecule has 0 aliphatic carbocycles. The van der Waals surface area contributed by atoms with Crippen molar-refractivity contribution in [3.05, 3.63) is 83.4 Å². The van der Waals surface area contributed by atoms with E-state index in [0.717, 1.165) is 65.1 Å². The summed E-state index contributed by atoms with van der Waals surface area (Å²) in [5, 5.41) is 8.65. The summed E-state index contributed by atoms with van der Waals surface area (Å²) >= 11 is 0. The lowest BCUT2D eigenvalue weighted by molar-refractivity contribution is -0.137. The molecule has 0 saturated heterocycles. The Hall–Kier alpha value is -3.36. The molecule has 0 aromatic heterocycles. The van der Waals surface area contributed by atoms with Gasteiger partial charge in [0.25, 0.3) is 0 Å². The van der Waals surface area contributed by atoms with Crippen LogP contribution in [0.15, 0.2) is 71.7 Å². The van der Waals surface area contributed by atoms with Crippen LogP contribution in [0.4, 0.5) is 24.5 Å². The molecule has 172 valence electrons. The first kappa shape index (κ1) is 22.8. The first-order chi connectivity index (χ1) is 15.9. The van der Waals surface area contributed by atoms with Gasteiger partial charge in [0, 0.05) is 23.5 Å². The van der Waals surface area contributed by atoms with E-state index >= 15 is 0 Å². The second-order valence-electron chi connectivity index (χ2n) is 7.73. The minimum Gasteiger partial charge on any atom is -0.383 e. The number of halogens is 3. The summed E-state index contributed by atoms with van der Waals surface area (Å²) < 4.78 is 43.3. The Morgan fingerprint density at radius 2 is 1.70 bits per heavy atom. The van der Waals surface area contributed by atoms with E-state index in [-0.39, 0.29) is 6.73 Å². The quantitative estimate of drug-likeness (QED) is 0.235. The highest BCUT2D eigenvalue weighted by Crippen LogP contribution is 2.37. The number of alkyl halides is 3. The zero-order chi connectivity index (χ0) is 23.4. The van der Waals surface area contributed by atoms with Crippen molar-refractivity contribution in [2.75, 3.05) is 25.0 Å². The minimum absolute atomic E-state index is 0.00908. The van der Waals surface area contributed by atoms with Crippen LogP contribution in [0, 0.1) is 0 Å². The van der Waals surface area contributed by atoms with Crippen molar-refractivity contribution in [1.82, 2.24) is 0 Å². The zero-order valence-electron chi connectivity index (χ0n) is 17.8. The van der Waals surface area contributed by atoms with Crippen LogP contribution >= 0.6 is 0 Å². The van der Waals surface area contributed by atoms with Crippen molar-refractivity contribution in [2.24, 2.45) is 10.7 Å². The Bertz CT molecular complexity index is 1130. The minimum atomic E-state index is -4.34. The number of aliphatic imine (C=N–C) groups is 1. The van der Waals surface area contributed by atoms with E-state index in [1.165, 1.54) is 12.1 Å². The number of fused-ring (bicyclic) bond motifs is 1. The maximum atomic E-state index is 12.9. The third-order valence-corrected chi connectivity index (χ3v) is 5.64. The SMILES string of the molecule is N/C(=N\COCO)c1ccc(N2CCCc3cc(-c4ccc(C(F)(F)F)cc4)ccc32)cc1. The second kappa shape index (κ2) is 9.64. The number of anilines is 2. The number of hydrogen-bond acceptors (Lipinski definition) is 4. The van der Waals surface area contributed by atoms with Crippen LogP contribution in [0.1, 0.15) is 23.1 Å². The van der Waals surface area contributed by atoms with Gasteiger partial charge in [-0.3, -0.25) is 0 Å².